The molecule has 0 aliphatic carbocycles. The molecule has 0 fully saturated rings. The van der Waals surface area contributed by atoms with Gasteiger partial charge in [0.05, 0.1) is 16.6 Å². The zero-order valence-electron chi connectivity index (χ0n) is 15.7. The van der Waals surface area contributed by atoms with Crippen molar-refractivity contribution in [2.75, 3.05) is 10.7 Å². The summed E-state index contributed by atoms with van der Waals surface area (Å²) in [4.78, 5) is 13.1. The highest BCUT2D eigenvalue weighted by atomic mass is 35.5. The summed E-state index contributed by atoms with van der Waals surface area (Å²) in [5, 5.41) is 9.60. The lowest BCUT2D eigenvalue weighted by Crippen LogP contribution is -2.41. The fraction of sp³-hybridized carbons (Fsp3) is 0.211. The number of benzene rings is 2. The number of hydrogen-bond acceptors (Lipinski definition) is 5. The molecule has 0 bridgehead atoms. The van der Waals surface area contributed by atoms with Crippen molar-refractivity contribution in [2.24, 2.45) is 0 Å². The fourth-order valence-electron chi connectivity index (χ4n) is 3.11. The molecular weight excluding hydrogens is 458 g/mol. The highest BCUT2D eigenvalue weighted by molar-refractivity contribution is 8.00. The SMILES string of the molecule is Cc1nnc2n1N[C@H](c1ccc(F)cc1)[C@@H](C(=O)Nc1ccc(Cl)c(C(F)(F)F)c1)S2. The lowest BCUT2D eigenvalue weighted by atomic mass is 10.0. The summed E-state index contributed by atoms with van der Waals surface area (Å²) in [6, 6.07) is 8.10. The topological polar surface area (TPSA) is 71.8 Å². The Morgan fingerprint density at radius 3 is 2.58 bits per heavy atom. The predicted octanol–water partition coefficient (Wildman–Crippen LogP) is 4.80. The maximum Gasteiger partial charge on any atom is 0.417 e. The van der Waals surface area contributed by atoms with Crippen LogP contribution < -0.4 is 10.7 Å². The lowest BCUT2D eigenvalue weighted by molar-refractivity contribution is -0.137. The number of thioether (sulfide) groups is 1. The van der Waals surface area contributed by atoms with Crippen LogP contribution in [0.15, 0.2) is 47.6 Å². The maximum atomic E-state index is 13.4. The van der Waals surface area contributed by atoms with E-state index in [0.29, 0.717) is 16.5 Å². The molecule has 3 aromatic rings. The number of aromatic nitrogens is 3. The highest BCUT2D eigenvalue weighted by Gasteiger charge is 2.38. The summed E-state index contributed by atoms with van der Waals surface area (Å²) in [7, 11) is 0. The third-order valence-electron chi connectivity index (χ3n) is 4.63. The number of aryl methyl sites for hydroxylation is 1. The molecule has 4 rings (SSSR count). The number of nitrogens with one attached hydrogen (secondary N) is 2. The first-order valence-corrected chi connectivity index (χ1v) is 10.2. The van der Waals surface area contributed by atoms with Crippen LogP contribution in [-0.2, 0) is 11.0 Å². The molecule has 0 radical (unpaired) electrons. The Morgan fingerprint density at radius 2 is 1.90 bits per heavy atom. The fourth-order valence-corrected chi connectivity index (χ4v) is 4.46. The third-order valence-corrected chi connectivity index (χ3v) is 6.17. The average Bonchev–Trinajstić information content (AvgIpc) is 3.08. The van der Waals surface area contributed by atoms with Crippen LogP contribution in [0.1, 0.15) is 23.0 Å². The van der Waals surface area contributed by atoms with Gasteiger partial charge in [-0.2, -0.15) is 13.2 Å². The molecule has 6 nitrogen and oxygen atoms in total. The molecule has 0 spiro atoms. The van der Waals surface area contributed by atoms with Crippen molar-refractivity contribution in [2.45, 2.75) is 29.5 Å². The van der Waals surface area contributed by atoms with E-state index in [2.05, 4.69) is 20.9 Å². The van der Waals surface area contributed by atoms with Crippen molar-refractivity contribution in [1.29, 1.82) is 0 Å². The van der Waals surface area contributed by atoms with E-state index in [4.69, 9.17) is 11.6 Å². The van der Waals surface area contributed by atoms with Crippen LogP contribution in [-0.4, -0.2) is 26.0 Å². The van der Waals surface area contributed by atoms with Gasteiger partial charge in [-0.15, -0.1) is 10.2 Å². The van der Waals surface area contributed by atoms with E-state index >= 15 is 0 Å². The minimum absolute atomic E-state index is 0.0524. The van der Waals surface area contributed by atoms with Gasteiger partial charge in [-0.1, -0.05) is 35.5 Å². The highest BCUT2D eigenvalue weighted by Crippen LogP contribution is 2.39. The van der Waals surface area contributed by atoms with E-state index < -0.39 is 39.8 Å². The summed E-state index contributed by atoms with van der Waals surface area (Å²) in [6.45, 7) is 1.72. The number of carbonyl (C=O) groups excluding carboxylic acids is 1. The van der Waals surface area contributed by atoms with Crippen LogP contribution in [0, 0.1) is 12.7 Å². The molecule has 12 heteroatoms. The second-order valence-corrected chi connectivity index (χ2v) is 8.26. The number of halogens is 5. The number of hydrogen-bond donors (Lipinski definition) is 2. The van der Waals surface area contributed by atoms with E-state index in [-0.39, 0.29) is 5.69 Å². The summed E-state index contributed by atoms with van der Waals surface area (Å²) >= 11 is 6.74. The van der Waals surface area contributed by atoms with Gasteiger partial charge in [0, 0.05) is 5.69 Å². The zero-order valence-corrected chi connectivity index (χ0v) is 17.3. The average molecular weight is 472 g/mol. The van der Waals surface area contributed by atoms with Crippen LogP contribution in [0.4, 0.5) is 23.2 Å². The van der Waals surface area contributed by atoms with Crippen LogP contribution in [0.25, 0.3) is 0 Å². The van der Waals surface area contributed by atoms with Crippen LogP contribution in [0.5, 0.6) is 0 Å². The van der Waals surface area contributed by atoms with Gasteiger partial charge in [-0.05, 0) is 42.8 Å². The molecular formula is C19H14ClF4N5OS. The molecule has 1 aliphatic heterocycles. The van der Waals surface area contributed by atoms with Gasteiger partial charge < -0.3 is 10.7 Å². The number of rotatable bonds is 3. The monoisotopic (exact) mass is 471 g/mol. The smallest absolute Gasteiger partial charge is 0.325 e. The first kappa shape index (κ1) is 21.4. The Bertz CT molecular complexity index is 1140. The Labute approximate surface area is 183 Å². The van der Waals surface area contributed by atoms with Gasteiger partial charge in [-0.3, -0.25) is 4.79 Å². The third kappa shape index (κ3) is 4.33. The second-order valence-electron chi connectivity index (χ2n) is 6.74. The summed E-state index contributed by atoms with van der Waals surface area (Å²) in [5.74, 6) is -0.439. The first-order chi connectivity index (χ1) is 14.6. The van der Waals surface area contributed by atoms with Crippen molar-refractivity contribution < 1.29 is 22.4 Å². The standard InChI is InChI=1S/C19H14ClF4N5OS/c1-9-26-27-18-29(9)28-15(10-2-4-11(21)5-3-10)16(31-18)17(30)25-12-6-7-14(20)13(8-12)19(22,23)24/h2-8,15-16,28H,1H3,(H,25,30)/t15-,16+/m1/s1. The van der Waals surface area contributed by atoms with Crippen molar-refractivity contribution >= 4 is 35.0 Å². The summed E-state index contributed by atoms with van der Waals surface area (Å²) in [6.07, 6.45) is -4.66. The zero-order chi connectivity index (χ0) is 22.3. The molecule has 2 atom stereocenters. The Morgan fingerprint density at radius 1 is 1.19 bits per heavy atom. The van der Waals surface area contributed by atoms with Gasteiger partial charge in [-0.25, -0.2) is 9.07 Å². The molecule has 0 unspecified atom stereocenters. The summed E-state index contributed by atoms with van der Waals surface area (Å²) < 4.78 is 54.4. The van der Waals surface area contributed by atoms with Crippen LogP contribution in [0.3, 0.4) is 0 Å². The molecule has 0 saturated heterocycles. The number of amides is 1. The number of anilines is 1. The van der Waals surface area contributed by atoms with Crippen molar-refractivity contribution in [3.05, 3.63) is 70.3 Å². The minimum atomic E-state index is -4.66. The molecule has 0 saturated carbocycles. The first-order valence-electron chi connectivity index (χ1n) is 8.92. The Hall–Kier alpha value is -2.79. The normalized spacial score (nSPS) is 18.3. The van der Waals surface area contributed by atoms with E-state index in [1.165, 1.54) is 30.3 Å². The maximum absolute atomic E-state index is 13.4. The second kappa shape index (κ2) is 8.04. The lowest BCUT2D eigenvalue weighted by Gasteiger charge is -2.32. The number of fused-ring (bicyclic) bond motifs is 1. The van der Waals surface area contributed by atoms with Gasteiger partial charge >= 0.3 is 6.18 Å². The summed E-state index contributed by atoms with van der Waals surface area (Å²) in [5.41, 5.74) is 2.64. The van der Waals surface area contributed by atoms with Crippen LogP contribution in [0.2, 0.25) is 5.02 Å². The quantitative estimate of drug-likeness (QED) is 0.537. The molecule has 2 aromatic carbocycles. The molecule has 162 valence electrons. The molecule has 1 aromatic heterocycles. The molecule has 1 aliphatic rings. The number of carbonyl (C=O) groups is 1. The molecule has 2 N–H and O–H groups in total. The predicted molar refractivity (Wildman–Crippen MR) is 108 cm³/mol. The molecule has 1 amide bonds. The van der Waals surface area contributed by atoms with Gasteiger partial charge in [0.2, 0.25) is 11.1 Å². The van der Waals surface area contributed by atoms with E-state index in [0.717, 1.165) is 23.9 Å². The Kier molecular flexibility index (Phi) is 5.56. The van der Waals surface area contributed by atoms with Gasteiger partial charge in [0.25, 0.3) is 0 Å². The molecule has 2 heterocycles. The number of nitrogens with zero attached hydrogens (tertiary/aromatic N) is 3. The van der Waals surface area contributed by atoms with Crippen molar-refractivity contribution in [1.82, 2.24) is 14.9 Å². The van der Waals surface area contributed by atoms with Gasteiger partial charge in [0.1, 0.15) is 16.9 Å². The largest absolute Gasteiger partial charge is 0.417 e. The number of alkyl halides is 3. The van der Waals surface area contributed by atoms with Gasteiger partial charge in [0.15, 0.2) is 0 Å². The van der Waals surface area contributed by atoms with E-state index in [1.54, 1.807) is 11.6 Å². The molecule has 31 heavy (non-hydrogen) atoms. The van der Waals surface area contributed by atoms with Crippen molar-refractivity contribution in [3.8, 4) is 0 Å². The van der Waals surface area contributed by atoms with Crippen LogP contribution >= 0.6 is 23.4 Å². The van der Waals surface area contributed by atoms with Crippen molar-refractivity contribution in [3.63, 3.8) is 0 Å². The Balaban J connectivity index is 1.65. The van der Waals surface area contributed by atoms with E-state index in [1.807, 2.05) is 0 Å². The minimum Gasteiger partial charge on any atom is -0.325 e. The van der Waals surface area contributed by atoms with E-state index in [9.17, 15) is 22.4 Å².